The van der Waals surface area contributed by atoms with E-state index in [-0.39, 0.29) is 5.78 Å². The molecule has 4 aromatic rings. The van der Waals surface area contributed by atoms with Crippen LogP contribution in [-0.4, -0.2) is 28.3 Å². The normalized spacial score (nSPS) is 10.9. The van der Waals surface area contributed by atoms with Gasteiger partial charge in [0.2, 0.25) is 0 Å². The van der Waals surface area contributed by atoms with Gasteiger partial charge < -0.3 is 4.74 Å². The van der Waals surface area contributed by atoms with Crippen molar-refractivity contribution in [1.82, 2.24) is 15.8 Å². The molecule has 38 heavy (non-hydrogen) atoms. The summed E-state index contributed by atoms with van der Waals surface area (Å²) in [5.74, 6) is -0.379. The maximum Gasteiger partial charge on any atom is 0.339 e. The summed E-state index contributed by atoms with van der Waals surface area (Å²) in [6.07, 6.45) is 0. The van der Waals surface area contributed by atoms with Crippen LogP contribution in [0.2, 0.25) is 10.0 Å². The molecule has 0 saturated heterocycles. The van der Waals surface area contributed by atoms with E-state index in [1.807, 2.05) is 12.1 Å². The third kappa shape index (κ3) is 6.89. The van der Waals surface area contributed by atoms with Gasteiger partial charge in [-0.1, -0.05) is 35.3 Å². The third-order valence-corrected chi connectivity index (χ3v) is 6.56. The van der Waals surface area contributed by atoms with Gasteiger partial charge in [-0.2, -0.15) is 0 Å². The van der Waals surface area contributed by atoms with Crippen LogP contribution < -0.4 is 20.9 Å². The second-order valence-corrected chi connectivity index (χ2v) is 10.3. The highest BCUT2D eigenvalue weighted by Gasteiger charge is 2.30. The topological polar surface area (TPSA) is 109 Å². The summed E-state index contributed by atoms with van der Waals surface area (Å²) in [6.45, 7) is 3.10. The zero-order chi connectivity index (χ0) is 27.3. The van der Waals surface area contributed by atoms with Crippen molar-refractivity contribution in [2.24, 2.45) is 0 Å². The number of ether oxygens (including phenoxy) is 1. The highest BCUT2D eigenvalue weighted by Crippen LogP contribution is 2.26. The molecule has 11 heteroatoms. The Bertz CT molecular complexity index is 1450. The van der Waals surface area contributed by atoms with Gasteiger partial charge in [0.1, 0.15) is 5.75 Å². The number of carbonyl (C=O) groups is 3. The molecule has 3 N–H and O–H groups in total. The van der Waals surface area contributed by atoms with Crippen molar-refractivity contribution in [2.75, 3.05) is 5.32 Å². The SMILES string of the molecule is CC(C)(Oc1ccc(C(=O)c2ccc(Cl)cc2)cc1)C(=O)NNC(=O)Nc1nc(-c2ccc(Cl)cc2)cs1. The molecule has 0 spiro atoms. The van der Waals surface area contributed by atoms with Gasteiger partial charge in [-0.3, -0.25) is 20.3 Å². The van der Waals surface area contributed by atoms with Gasteiger partial charge >= 0.3 is 6.03 Å². The summed E-state index contributed by atoms with van der Waals surface area (Å²) in [5, 5.41) is 5.88. The standard InChI is InChI=1S/C27H22Cl2N4O4S/c1-27(2,37-21-13-7-18(8-14-21)23(34)17-5-11-20(29)12-6-17)24(35)32-33-25(36)31-26-30-22(15-38-26)16-3-9-19(28)10-4-16/h3-15H,1-2H3,(H,32,35)(H2,30,31,33,36). The van der Waals surface area contributed by atoms with Crippen molar-refractivity contribution in [3.05, 3.63) is 99.3 Å². The van der Waals surface area contributed by atoms with Crippen molar-refractivity contribution >= 4 is 57.4 Å². The van der Waals surface area contributed by atoms with E-state index in [0.717, 1.165) is 5.56 Å². The molecule has 3 aromatic carbocycles. The van der Waals surface area contributed by atoms with Crippen molar-refractivity contribution < 1.29 is 19.1 Å². The maximum atomic E-state index is 12.7. The van der Waals surface area contributed by atoms with Crippen LogP contribution in [0.1, 0.15) is 29.8 Å². The second-order valence-electron chi connectivity index (χ2n) is 8.55. The van der Waals surface area contributed by atoms with Gasteiger partial charge in [0.05, 0.1) is 5.69 Å². The molecular formula is C27H22Cl2N4O4S. The van der Waals surface area contributed by atoms with Gasteiger partial charge in [0, 0.05) is 32.1 Å². The predicted octanol–water partition coefficient (Wildman–Crippen LogP) is 6.36. The van der Waals surface area contributed by atoms with Crippen molar-refractivity contribution in [3.8, 4) is 17.0 Å². The van der Waals surface area contributed by atoms with E-state index >= 15 is 0 Å². The summed E-state index contributed by atoms with van der Waals surface area (Å²) >= 11 is 13.0. The first-order valence-electron chi connectivity index (χ1n) is 11.3. The van der Waals surface area contributed by atoms with Crippen molar-refractivity contribution in [3.63, 3.8) is 0 Å². The first-order valence-corrected chi connectivity index (χ1v) is 12.9. The molecule has 0 saturated carbocycles. The van der Waals surface area contributed by atoms with E-state index in [0.29, 0.717) is 37.7 Å². The number of ketones is 1. The molecule has 0 atom stereocenters. The number of nitrogens with one attached hydrogen (secondary N) is 3. The largest absolute Gasteiger partial charge is 0.478 e. The molecule has 0 radical (unpaired) electrons. The van der Waals surface area contributed by atoms with E-state index in [1.165, 1.54) is 11.3 Å². The van der Waals surface area contributed by atoms with Crippen LogP contribution in [-0.2, 0) is 4.79 Å². The lowest BCUT2D eigenvalue weighted by Crippen LogP contribution is -2.53. The quantitative estimate of drug-likeness (QED) is 0.177. The number of urea groups is 1. The summed E-state index contributed by atoms with van der Waals surface area (Å²) in [5.41, 5.74) is 5.79. The first-order chi connectivity index (χ1) is 18.1. The monoisotopic (exact) mass is 568 g/mol. The fraction of sp³-hybridized carbons (Fsp3) is 0.111. The number of aromatic nitrogens is 1. The lowest BCUT2D eigenvalue weighted by atomic mass is 10.0. The molecule has 0 aliphatic rings. The van der Waals surface area contributed by atoms with Crippen LogP contribution in [0.5, 0.6) is 5.75 Å². The molecule has 0 fully saturated rings. The molecule has 0 aliphatic heterocycles. The number of hydrogen-bond donors (Lipinski definition) is 3. The molecule has 1 heterocycles. The van der Waals surface area contributed by atoms with Crippen molar-refractivity contribution in [2.45, 2.75) is 19.4 Å². The first kappa shape index (κ1) is 27.1. The minimum absolute atomic E-state index is 0.166. The number of hydrazine groups is 1. The Labute approximate surface area is 232 Å². The van der Waals surface area contributed by atoms with Crippen LogP contribution in [0.3, 0.4) is 0 Å². The van der Waals surface area contributed by atoms with E-state index in [1.54, 1.807) is 79.9 Å². The van der Waals surface area contributed by atoms with Gasteiger partial charge in [0.15, 0.2) is 16.5 Å². The number of anilines is 1. The number of carbonyl (C=O) groups excluding carboxylic acids is 3. The van der Waals surface area contributed by atoms with Gasteiger partial charge in [-0.25, -0.2) is 15.2 Å². The number of thiazole rings is 1. The number of hydrogen-bond acceptors (Lipinski definition) is 6. The average molecular weight is 569 g/mol. The van der Waals surface area contributed by atoms with E-state index in [4.69, 9.17) is 27.9 Å². The number of nitrogens with zero attached hydrogens (tertiary/aromatic N) is 1. The van der Waals surface area contributed by atoms with Crippen molar-refractivity contribution in [1.29, 1.82) is 0 Å². The van der Waals surface area contributed by atoms with Crippen LogP contribution in [0.25, 0.3) is 11.3 Å². The fourth-order valence-electron chi connectivity index (χ4n) is 3.26. The highest BCUT2D eigenvalue weighted by atomic mass is 35.5. The average Bonchev–Trinajstić information content (AvgIpc) is 3.36. The zero-order valence-corrected chi connectivity index (χ0v) is 22.6. The van der Waals surface area contributed by atoms with Gasteiger partial charge in [0.25, 0.3) is 5.91 Å². The fourth-order valence-corrected chi connectivity index (χ4v) is 4.23. The predicted molar refractivity (Wildman–Crippen MR) is 149 cm³/mol. The summed E-state index contributed by atoms with van der Waals surface area (Å²) < 4.78 is 5.80. The maximum absolute atomic E-state index is 12.7. The lowest BCUT2D eigenvalue weighted by Gasteiger charge is -2.25. The molecule has 0 bridgehead atoms. The Balaban J connectivity index is 1.28. The van der Waals surface area contributed by atoms with E-state index < -0.39 is 17.5 Å². The molecule has 3 amide bonds. The Morgan fingerprint density at radius 3 is 1.97 bits per heavy atom. The minimum Gasteiger partial charge on any atom is -0.478 e. The molecule has 8 nitrogen and oxygen atoms in total. The Kier molecular flexibility index (Phi) is 8.31. The summed E-state index contributed by atoms with van der Waals surface area (Å²) in [7, 11) is 0. The zero-order valence-electron chi connectivity index (χ0n) is 20.2. The van der Waals surface area contributed by atoms with E-state index in [9.17, 15) is 14.4 Å². The van der Waals surface area contributed by atoms with Crippen LogP contribution in [0.4, 0.5) is 9.93 Å². The molecule has 0 aliphatic carbocycles. The third-order valence-electron chi connectivity index (χ3n) is 5.30. The molecule has 4 rings (SSSR count). The highest BCUT2D eigenvalue weighted by molar-refractivity contribution is 7.14. The molecular weight excluding hydrogens is 547 g/mol. The Morgan fingerprint density at radius 1 is 0.816 bits per heavy atom. The number of benzene rings is 3. The molecule has 194 valence electrons. The Hall–Kier alpha value is -3.92. The van der Waals surface area contributed by atoms with Crippen LogP contribution in [0.15, 0.2) is 78.2 Å². The van der Waals surface area contributed by atoms with E-state index in [2.05, 4.69) is 21.2 Å². The number of amides is 3. The molecule has 1 aromatic heterocycles. The lowest BCUT2D eigenvalue weighted by molar-refractivity contribution is -0.134. The van der Waals surface area contributed by atoms with Gasteiger partial charge in [-0.05, 0) is 74.5 Å². The van der Waals surface area contributed by atoms with Gasteiger partial charge in [-0.15, -0.1) is 11.3 Å². The summed E-state index contributed by atoms with van der Waals surface area (Å²) in [6, 6.07) is 19.5. The second kappa shape index (κ2) is 11.6. The van der Waals surface area contributed by atoms with Crippen LogP contribution >= 0.6 is 34.5 Å². The summed E-state index contributed by atoms with van der Waals surface area (Å²) in [4.78, 5) is 41.9. The number of halogens is 2. The van der Waals surface area contributed by atoms with Crippen LogP contribution in [0, 0.1) is 0 Å². The smallest absolute Gasteiger partial charge is 0.339 e. The number of rotatable bonds is 7. The molecule has 0 unspecified atom stereocenters. The Morgan fingerprint density at radius 2 is 1.37 bits per heavy atom. The minimum atomic E-state index is -1.34.